The summed E-state index contributed by atoms with van der Waals surface area (Å²) in [7, 11) is 0. The average Bonchev–Trinajstić information content (AvgIpc) is 2.29. The maximum atomic E-state index is 9.97. The van der Waals surface area contributed by atoms with Crippen molar-refractivity contribution in [3.05, 3.63) is 29.8 Å². The van der Waals surface area contributed by atoms with Crippen LogP contribution in [0.25, 0.3) is 0 Å². The number of hydrogen-bond donors (Lipinski definition) is 1. The molecule has 1 heterocycles. The van der Waals surface area contributed by atoms with Crippen LogP contribution in [0.5, 0.6) is 0 Å². The van der Waals surface area contributed by atoms with Gasteiger partial charge in [0.1, 0.15) is 0 Å². The van der Waals surface area contributed by atoms with Crippen molar-refractivity contribution in [2.75, 3.05) is 18.0 Å². The predicted octanol–water partition coefficient (Wildman–Crippen LogP) is 2.85. The topological polar surface area (TPSA) is 23.5 Å². The minimum atomic E-state index is -0.196. The summed E-state index contributed by atoms with van der Waals surface area (Å²) in [5.74, 6) is 0.679. The fraction of sp³-hybridized carbons (Fsp3) is 0.600. The highest BCUT2D eigenvalue weighted by atomic mass is 16.3. The summed E-state index contributed by atoms with van der Waals surface area (Å²) < 4.78 is 0. The van der Waals surface area contributed by atoms with E-state index < -0.39 is 0 Å². The summed E-state index contributed by atoms with van der Waals surface area (Å²) in [5, 5.41) is 9.97. The lowest BCUT2D eigenvalue weighted by molar-refractivity contribution is 0.167. The van der Waals surface area contributed by atoms with E-state index in [9.17, 15) is 5.11 Å². The van der Waals surface area contributed by atoms with Crippen LogP contribution in [0.4, 0.5) is 5.69 Å². The van der Waals surface area contributed by atoms with E-state index in [1.807, 2.05) is 0 Å². The number of benzene rings is 1. The van der Waals surface area contributed by atoms with Crippen LogP contribution < -0.4 is 4.90 Å². The van der Waals surface area contributed by atoms with Crippen molar-refractivity contribution in [3.8, 4) is 0 Å². The molecular formula is C15H23NO. The molecule has 2 rings (SSSR count). The number of hydrogen-bond acceptors (Lipinski definition) is 2. The van der Waals surface area contributed by atoms with Crippen molar-refractivity contribution in [2.24, 2.45) is 5.92 Å². The number of rotatable bonds is 4. The summed E-state index contributed by atoms with van der Waals surface area (Å²) in [4.78, 5) is 2.35. The lowest BCUT2D eigenvalue weighted by Gasteiger charge is -2.36. The van der Waals surface area contributed by atoms with Gasteiger partial charge in [0, 0.05) is 18.8 Å². The van der Waals surface area contributed by atoms with Crippen LogP contribution >= 0.6 is 0 Å². The van der Waals surface area contributed by atoms with Gasteiger partial charge < -0.3 is 10.0 Å². The van der Waals surface area contributed by atoms with Crippen molar-refractivity contribution in [3.63, 3.8) is 0 Å². The molecule has 0 spiro atoms. The van der Waals surface area contributed by atoms with Gasteiger partial charge in [0.2, 0.25) is 0 Å². The zero-order valence-electron chi connectivity index (χ0n) is 10.9. The van der Waals surface area contributed by atoms with Gasteiger partial charge in [-0.25, -0.2) is 0 Å². The molecule has 0 amide bonds. The highest BCUT2D eigenvalue weighted by molar-refractivity contribution is 5.55. The van der Waals surface area contributed by atoms with Crippen molar-refractivity contribution >= 4 is 5.69 Å². The van der Waals surface area contributed by atoms with Gasteiger partial charge in [-0.15, -0.1) is 0 Å². The standard InChI is InChI=1S/C15H23NO/c1-3-6-14(17)11-16-10-12(2)9-13-7-4-5-8-15(13)16/h4-5,7-8,12,14,17H,3,6,9-11H2,1-2H3. The van der Waals surface area contributed by atoms with Crippen LogP contribution in [-0.4, -0.2) is 24.3 Å². The largest absolute Gasteiger partial charge is 0.391 e. The molecule has 1 aromatic rings. The molecule has 1 aromatic carbocycles. The molecule has 0 bridgehead atoms. The molecule has 0 aromatic heterocycles. The fourth-order valence-electron chi connectivity index (χ4n) is 2.76. The Labute approximate surface area is 104 Å². The van der Waals surface area contributed by atoms with Crippen LogP contribution in [0.2, 0.25) is 0 Å². The number of fused-ring (bicyclic) bond motifs is 1. The molecule has 2 heteroatoms. The maximum Gasteiger partial charge on any atom is 0.0715 e. The van der Waals surface area contributed by atoms with E-state index in [0.717, 1.165) is 32.4 Å². The molecule has 1 aliphatic heterocycles. The quantitative estimate of drug-likeness (QED) is 0.864. The molecule has 0 saturated carbocycles. The van der Waals surface area contributed by atoms with Crippen molar-refractivity contribution in [1.29, 1.82) is 0 Å². The van der Waals surface area contributed by atoms with Crippen molar-refractivity contribution < 1.29 is 5.11 Å². The smallest absolute Gasteiger partial charge is 0.0715 e. The molecule has 2 unspecified atom stereocenters. The van der Waals surface area contributed by atoms with Gasteiger partial charge in [-0.05, 0) is 30.4 Å². The SMILES string of the molecule is CCCC(O)CN1CC(C)Cc2ccccc21. The number of nitrogens with zero attached hydrogens (tertiary/aromatic N) is 1. The number of para-hydroxylation sites is 1. The van der Waals surface area contributed by atoms with Crippen LogP contribution in [-0.2, 0) is 6.42 Å². The maximum absolute atomic E-state index is 9.97. The highest BCUT2D eigenvalue weighted by Crippen LogP contribution is 2.29. The first-order chi connectivity index (χ1) is 8.20. The van der Waals surface area contributed by atoms with Crippen LogP contribution in [0.3, 0.4) is 0 Å². The molecular weight excluding hydrogens is 210 g/mol. The second-order valence-corrected chi connectivity index (χ2v) is 5.29. The first-order valence-electron chi connectivity index (χ1n) is 6.71. The highest BCUT2D eigenvalue weighted by Gasteiger charge is 2.22. The lowest BCUT2D eigenvalue weighted by Crippen LogP contribution is -2.39. The second-order valence-electron chi connectivity index (χ2n) is 5.29. The van der Waals surface area contributed by atoms with E-state index in [4.69, 9.17) is 0 Å². The minimum absolute atomic E-state index is 0.196. The molecule has 0 aliphatic carbocycles. The van der Waals surface area contributed by atoms with Gasteiger partial charge in [-0.1, -0.05) is 38.5 Å². The molecule has 2 atom stereocenters. The normalized spacial score (nSPS) is 21.1. The number of aliphatic hydroxyl groups is 1. The molecule has 2 nitrogen and oxygen atoms in total. The third-order valence-electron chi connectivity index (χ3n) is 3.49. The Balaban J connectivity index is 2.12. The first-order valence-corrected chi connectivity index (χ1v) is 6.71. The lowest BCUT2D eigenvalue weighted by atomic mass is 9.93. The first kappa shape index (κ1) is 12.4. The third kappa shape index (κ3) is 3.01. The fourth-order valence-corrected chi connectivity index (χ4v) is 2.76. The summed E-state index contributed by atoms with van der Waals surface area (Å²) >= 11 is 0. The van der Waals surface area contributed by atoms with E-state index in [0.29, 0.717) is 5.92 Å². The monoisotopic (exact) mass is 233 g/mol. The summed E-state index contributed by atoms with van der Waals surface area (Å²) in [6, 6.07) is 8.59. The van der Waals surface area contributed by atoms with Crippen LogP contribution in [0.15, 0.2) is 24.3 Å². The molecule has 0 fully saturated rings. The second kappa shape index (κ2) is 5.54. The van der Waals surface area contributed by atoms with Gasteiger partial charge in [0.05, 0.1) is 6.10 Å². The molecule has 0 saturated heterocycles. The molecule has 94 valence electrons. The summed E-state index contributed by atoms with van der Waals surface area (Å²) in [6.07, 6.45) is 2.91. The Morgan fingerprint density at radius 3 is 2.94 bits per heavy atom. The molecule has 17 heavy (non-hydrogen) atoms. The molecule has 1 N–H and O–H groups in total. The Morgan fingerprint density at radius 1 is 1.41 bits per heavy atom. The summed E-state index contributed by atoms with van der Waals surface area (Å²) in [5.41, 5.74) is 2.75. The van der Waals surface area contributed by atoms with Gasteiger partial charge in [0.25, 0.3) is 0 Å². The van der Waals surface area contributed by atoms with E-state index in [1.54, 1.807) is 0 Å². The molecule has 0 radical (unpaired) electrons. The van der Waals surface area contributed by atoms with Gasteiger partial charge >= 0.3 is 0 Å². The minimum Gasteiger partial charge on any atom is -0.391 e. The number of anilines is 1. The Hall–Kier alpha value is -1.02. The Kier molecular flexibility index (Phi) is 4.06. The van der Waals surface area contributed by atoms with Crippen molar-refractivity contribution in [1.82, 2.24) is 0 Å². The zero-order valence-corrected chi connectivity index (χ0v) is 10.9. The van der Waals surface area contributed by atoms with E-state index >= 15 is 0 Å². The van der Waals surface area contributed by atoms with E-state index in [-0.39, 0.29) is 6.10 Å². The van der Waals surface area contributed by atoms with Gasteiger partial charge in [0.15, 0.2) is 0 Å². The van der Waals surface area contributed by atoms with Gasteiger partial charge in [-0.3, -0.25) is 0 Å². The van der Waals surface area contributed by atoms with Crippen LogP contribution in [0.1, 0.15) is 32.3 Å². The average molecular weight is 233 g/mol. The van der Waals surface area contributed by atoms with E-state index in [2.05, 4.69) is 43.0 Å². The van der Waals surface area contributed by atoms with Crippen molar-refractivity contribution in [2.45, 2.75) is 39.2 Å². The van der Waals surface area contributed by atoms with Gasteiger partial charge in [-0.2, -0.15) is 0 Å². The zero-order chi connectivity index (χ0) is 12.3. The van der Waals surface area contributed by atoms with Crippen LogP contribution in [0, 0.1) is 5.92 Å². The third-order valence-corrected chi connectivity index (χ3v) is 3.49. The number of aliphatic hydroxyl groups excluding tert-OH is 1. The summed E-state index contributed by atoms with van der Waals surface area (Å²) in [6.45, 7) is 6.25. The predicted molar refractivity (Wildman–Crippen MR) is 72.4 cm³/mol. The Morgan fingerprint density at radius 2 is 2.18 bits per heavy atom. The number of β-amino-alcohol motifs (C(OH)–C–C–N with tert-alkyl or cyclic N) is 1. The molecule has 1 aliphatic rings. The Bertz CT molecular complexity index is 364. The van der Waals surface area contributed by atoms with E-state index in [1.165, 1.54) is 11.3 Å².